The fourth-order valence-electron chi connectivity index (χ4n) is 2.49. The minimum Gasteiger partial charge on any atom is -0.409 e. The molecule has 0 saturated heterocycles. The number of hydrogen-bond donors (Lipinski definition) is 3. The van der Waals surface area contributed by atoms with Gasteiger partial charge in [-0.05, 0) is 31.0 Å². The molecule has 1 aromatic rings. The molecule has 1 saturated carbocycles. The lowest BCUT2D eigenvalue weighted by atomic mass is 9.88. The first-order chi connectivity index (χ1) is 9.46. The summed E-state index contributed by atoms with van der Waals surface area (Å²) in [4.78, 5) is 12.3. The maximum Gasteiger partial charge on any atom is 0.230 e. The Kier molecular flexibility index (Phi) is 4.18. The van der Waals surface area contributed by atoms with Crippen LogP contribution in [0, 0.1) is 5.41 Å². The Morgan fingerprint density at radius 3 is 2.65 bits per heavy atom. The van der Waals surface area contributed by atoms with Gasteiger partial charge in [0.1, 0.15) is 0 Å². The fraction of sp³-hybridized carbons (Fsp3) is 0.429. The van der Waals surface area contributed by atoms with Crippen molar-refractivity contribution in [1.29, 1.82) is 0 Å². The molecule has 0 unspecified atom stereocenters. The Morgan fingerprint density at radius 2 is 2.10 bits per heavy atom. The fourth-order valence-corrected chi connectivity index (χ4v) is 2.72. The van der Waals surface area contributed by atoms with Gasteiger partial charge >= 0.3 is 0 Å². The van der Waals surface area contributed by atoms with E-state index < -0.39 is 0 Å². The highest BCUT2D eigenvalue weighted by molar-refractivity contribution is 6.34. The summed E-state index contributed by atoms with van der Waals surface area (Å²) in [6.07, 6.45) is 3.97. The molecule has 1 amide bonds. The second-order valence-electron chi connectivity index (χ2n) is 5.40. The highest BCUT2D eigenvalue weighted by Crippen LogP contribution is 2.39. The van der Waals surface area contributed by atoms with Crippen LogP contribution in [-0.2, 0) is 4.79 Å². The van der Waals surface area contributed by atoms with Crippen LogP contribution >= 0.6 is 11.6 Å². The van der Waals surface area contributed by atoms with Crippen LogP contribution in [0.2, 0.25) is 5.02 Å². The number of nitrogens with zero attached hydrogens (tertiary/aromatic N) is 1. The lowest BCUT2D eigenvalue weighted by Gasteiger charge is -2.22. The van der Waals surface area contributed by atoms with Gasteiger partial charge in [-0.2, -0.15) is 0 Å². The summed E-state index contributed by atoms with van der Waals surface area (Å²) in [7, 11) is 0. The summed E-state index contributed by atoms with van der Waals surface area (Å²) in [5, 5.41) is 14.8. The van der Waals surface area contributed by atoms with Gasteiger partial charge in [0, 0.05) is 11.0 Å². The van der Waals surface area contributed by atoms with Crippen LogP contribution in [0.5, 0.6) is 0 Å². The molecule has 108 valence electrons. The van der Waals surface area contributed by atoms with Crippen molar-refractivity contribution in [3.63, 3.8) is 0 Å². The summed E-state index contributed by atoms with van der Waals surface area (Å²) < 4.78 is 0. The summed E-state index contributed by atoms with van der Waals surface area (Å²) in [5.74, 6) is -0.0269. The van der Waals surface area contributed by atoms with E-state index in [1.807, 2.05) is 6.92 Å². The van der Waals surface area contributed by atoms with E-state index in [-0.39, 0.29) is 17.2 Å². The van der Waals surface area contributed by atoms with Crippen molar-refractivity contribution in [2.24, 2.45) is 16.3 Å². The van der Waals surface area contributed by atoms with Crippen molar-refractivity contribution < 1.29 is 10.0 Å². The van der Waals surface area contributed by atoms with Crippen molar-refractivity contribution in [2.75, 3.05) is 5.32 Å². The van der Waals surface area contributed by atoms with Gasteiger partial charge in [0.2, 0.25) is 5.91 Å². The second-order valence-corrected chi connectivity index (χ2v) is 5.81. The Morgan fingerprint density at radius 1 is 1.45 bits per heavy atom. The van der Waals surface area contributed by atoms with Crippen molar-refractivity contribution in [3.8, 4) is 0 Å². The van der Waals surface area contributed by atoms with Crippen LogP contribution in [0.15, 0.2) is 23.4 Å². The first-order valence-electron chi connectivity index (χ1n) is 6.55. The van der Waals surface area contributed by atoms with E-state index in [4.69, 9.17) is 22.5 Å². The van der Waals surface area contributed by atoms with E-state index in [0.29, 0.717) is 16.3 Å². The van der Waals surface area contributed by atoms with Crippen molar-refractivity contribution in [2.45, 2.75) is 32.6 Å². The quantitative estimate of drug-likeness (QED) is 0.347. The molecule has 5 nitrogen and oxygen atoms in total. The molecule has 2 rings (SSSR count). The molecule has 0 radical (unpaired) electrons. The van der Waals surface area contributed by atoms with Crippen LogP contribution in [0.25, 0.3) is 0 Å². The second kappa shape index (κ2) is 5.71. The molecule has 1 aliphatic carbocycles. The van der Waals surface area contributed by atoms with E-state index in [9.17, 15) is 4.79 Å². The lowest BCUT2D eigenvalue weighted by molar-refractivity contribution is -0.124. The van der Waals surface area contributed by atoms with E-state index in [0.717, 1.165) is 25.7 Å². The number of rotatable bonds is 3. The minimum atomic E-state index is -0.312. The predicted octanol–water partition coefficient (Wildman–Crippen LogP) is 2.95. The zero-order valence-electron chi connectivity index (χ0n) is 11.3. The molecule has 6 heteroatoms. The molecule has 0 spiro atoms. The van der Waals surface area contributed by atoms with Gasteiger partial charge in [0.25, 0.3) is 0 Å². The zero-order valence-corrected chi connectivity index (χ0v) is 12.1. The summed E-state index contributed by atoms with van der Waals surface area (Å²) in [6.45, 7) is 1.98. The van der Waals surface area contributed by atoms with Gasteiger partial charge in [-0.25, -0.2) is 0 Å². The number of halogens is 1. The Balaban J connectivity index is 2.16. The first-order valence-corrected chi connectivity index (χ1v) is 6.93. The molecule has 20 heavy (non-hydrogen) atoms. The molecule has 0 bridgehead atoms. The number of carbonyl (C=O) groups is 1. The number of amidine groups is 1. The maximum absolute atomic E-state index is 12.3. The van der Waals surface area contributed by atoms with Crippen molar-refractivity contribution >= 4 is 29.0 Å². The predicted molar refractivity (Wildman–Crippen MR) is 79.2 cm³/mol. The van der Waals surface area contributed by atoms with Crippen LogP contribution in [0.3, 0.4) is 0 Å². The average Bonchev–Trinajstić information content (AvgIpc) is 2.88. The van der Waals surface area contributed by atoms with Crippen LogP contribution in [-0.4, -0.2) is 17.0 Å². The third kappa shape index (κ3) is 2.88. The number of anilines is 1. The summed E-state index contributed by atoms with van der Waals surface area (Å²) in [6, 6.07) is 4.86. The smallest absolute Gasteiger partial charge is 0.230 e. The highest BCUT2D eigenvalue weighted by Gasteiger charge is 2.36. The third-order valence-corrected chi connectivity index (χ3v) is 4.19. The average molecular weight is 296 g/mol. The minimum absolute atomic E-state index is 0.00607. The molecular formula is C14H18ClN3O2. The Bertz CT molecular complexity index is 551. The van der Waals surface area contributed by atoms with E-state index in [1.165, 1.54) is 0 Å². The summed E-state index contributed by atoms with van der Waals surface area (Å²) >= 11 is 6.12. The molecule has 1 aliphatic rings. The number of hydrogen-bond acceptors (Lipinski definition) is 3. The van der Waals surface area contributed by atoms with Crippen LogP contribution in [0.1, 0.15) is 38.2 Å². The van der Waals surface area contributed by atoms with Crippen LogP contribution in [0.4, 0.5) is 5.69 Å². The molecule has 0 heterocycles. The SMILES string of the molecule is CC1(C(=O)Nc2ccc(/C(N)=N/O)cc2Cl)CCCC1. The Labute approximate surface area is 122 Å². The normalized spacial score (nSPS) is 18.0. The van der Waals surface area contributed by atoms with E-state index in [2.05, 4.69) is 10.5 Å². The molecule has 0 aliphatic heterocycles. The number of oxime groups is 1. The van der Waals surface area contributed by atoms with Gasteiger partial charge in [-0.15, -0.1) is 0 Å². The van der Waals surface area contributed by atoms with Crippen LogP contribution < -0.4 is 11.1 Å². The van der Waals surface area contributed by atoms with Gasteiger partial charge in [-0.3, -0.25) is 4.79 Å². The number of nitrogens with one attached hydrogen (secondary N) is 1. The third-order valence-electron chi connectivity index (χ3n) is 3.88. The monoisotopic (exact) mass is 295 g/mol. The zero-order chi connectivity index (χ0) is 14.8. The molecule has 0 atom stereocenters. The Hall–Kier alpha value is -1.75. The molecule has 4 N–H and O–H groups in total. The van der Waals surface area contributed by atoms with Crippen molar-refractivity contribution in [1.82, 2.24) is 0 Å². The first kappa shape index (κ1) is 14.7. The number of carbonyl (C=O) groups excluding carboxylic acids is 1. The molecule has 1 fully saturated rings. The lowest BCUT2D eigenvalue weighted by Crippen LogP contribution is -2.30. The topological polar surface area (TPSA) is 87.7 Å². The molecular weight excluding hydrogens is 278 g/mol. The number of benzene rings is 1. The molecule has 1 aromatic carbocycles. The standard InChI is InChI=1S/C14H18ClN3O2/c1-14(6-2-3-7-14)13(19)17-11-5-4-9(8-10(11)15)12(16)18-20/h4-5,8,20H,2-3,6-7H2,1H3,(H2,16,18)(H,17,19). The maximum atomic E-state index is 12.3. The largest absolute Gasteiger partial charge is 0.409 e. The van der Waals surface area contributed by atoms with Crippen molar-refractivity contribution in [3.05, 3.63) is 28.8 Å². The van der Waals surface area contributed by atoms with Gasteiger partial charge in [-0.1, -0.05) is 36.5 Å². The summed E-state index contributed by atoms with van der Waals surface area (Å²) in [5.41, 5.74) is 6.22. The highest BCUT2D eigenvalue weighted by atomic mass is 35.5. The number of amides is 1. The van der Waals surface area contributed by atoms with E-state index >= 15 is 0 Å². The van der Waals surface area contributed by atoms with Gasteiger partial charge in [0.15, 0.2) is 5.84 Å². The number of nitrogens with two attached hydrogens (primary N) is 1. The van der Waals surface area contributed by atoms with Gasteiger partial charge in [0.05, 0.1) is 10.7 Å². The molecule has 0 aromatic heterocycles. The van der Waals surface area contributed by atoms with Gasteiger partial charge < -0.3 is 16.3 Å². The van der Waals surface area contributed by atoms with E-state index in [1.54, 1.807) is 18.2 Å².